The molecule has 0 radical (unpaired) electrons. The molecule has 1 saturated heterocycles. The van der Waals surface area contributed by atoms with Crippen LogP contribution in [-0.4, -0.2) is 42.7 Å². The zero-order valence-corrected chi connectivity index (χ0v) is 17.8. The molecule has 3 rings (SSSR count). The molecule has 2 unspecified atom stereocenters. The summed E-state index contributed by atoms with van der Waals surface area (Å²) in [6.45, 7) is 7.31. The number of hydrogen-bond acceptors (Lipinski definition) is 6. The minimum absolute atomic E-state index is 0.0725. The van der Waals surface area contributed by atoms with E-state index < -0.39 is 12.0 Å². The monoisotopic (exact) mass is 417 g/mol. The number of aliphatic carboxylic acids is 1. The number of nitrogens with one attached hydrogen (secondary N) is 1. The van der Waals surface area contributed by atoms with E-state index in [4.69, 9.17) is 19.3 Å². The van der Waals surface area contributed by atoms with Crippen LogP contribution in [0.2, 0.25) is 0 Å². The molecule has 2 aromatic rings. The van der Waals surface area contributed by atoms with Gasteiger partial charge in [0.05, 0.1) is 12.0 Å². The van der Waals surface area contributed by atoms with Gasteiger partial charge in [0.15, 0.2) is 11.5 Å². The van der Waals surface area contributed by atoms with Crippen molar-refractivity contribution < 1.29 is 24.1 Å². The number of carbonyl (C=O) groups is 1. The lowest BCUT2D eigenvalue weighted by Gasteiger charge is -2.17. The molecule has 0 spiro atoms. The second-order valence-electron chi connectivity index (χ2n) is 6.83. The van der Waals surface area contributed by atoms with Crippen molar-refractivity contribution >= 4 is 17.7 Å². The van der Waals surface area contributed by atoms with Gasteiger partial charge in [0, 0.05) is 5.75 Å². The average molecular weight is 418 g/mol. The maximum Gasteiger partial charge on any atom is 0.321 e. The molecule has 7 heteroatoms. The lowest BCUT2D eigenvalue weighted by Crippen LogP contribution is -2.33. The molecule has 29 heavy (non-hydrogen) atoms. The summed E-state index contributed by atoms with van der Waals surface area (Å²) in [6, 6.07) is 11.3. The molecule has 0 aliphatic carbocycles. The zero-order valence-electron chi connectivity index (χ0n) is 16.9. The van der Waals surface area contributed by atoms with E-state index in [1.54, 1.807) is 11.8 Å². The van der Waals surface area contributed by atoms with E-state index in [1.165, 1.54) is 0 Å². The number of carboxylic acids is 1. The molecule has 2 N–H and O–H groups in total. The van der Waals surface area contributed by atoms with Crippen molar-refractivity contribution in [1.29, 1.82) is 0 Å². The third-order valence-corrected chi connectivity index (χ3v) is 5.91. The van der Waals surface area contributed by atoms with Gasteiger partial charge in [-0.15, -0.1) is 11.8 Å². The van der Waals surface area contributed by atoms with E-state index in [2.05, 4.69) is 5.32 Å². The maximum atomic E-state index is 11.2. The summed E-state index contributed by atoms with van der Waals surface area (Å²) in [5.74, 6) is 1.91. The van der Waals surface area contributed by atoms with Crippen LogP contribution in [0.15, 0.2) is 36.4 Å². The van der Waals surface area contributed by atoms with Crippen LogP contribution in [0.4, 0.5) is 0 Å². The number of thioether (sulfide) groups is 1. The first kappa shape index (κ1) is 21.3. The van der Waals surface area contributed by atoms with Crippen molar-refractivity contribution in [3.8, 4) is 17.2 Å². The Morgan fingerprint density at radius 3 is 2.48 bits per heavy atom. The average Bonchev–Trinajstić information content (AvgIpc) is 3.19. The Labute approximate surface area is 175 Å². The third-order valence-electron chi connectivity index (χ3n) is 4.65. The molecular weight excluding hydrogens is 390 g/mol. The lowest BCUT2D eigenvalue weighted by atomic mass is 10.1. The van der Waals surface area contributed by atoms with Crippen LogP contribution in [0.5, 0.6) is 17.2 Å². The van der Waals surface area contributed by atoms with E-state index in [0.29, 0.717) is 37.1 Å². The molecule has 1 fully saturated rings. The van der Waals surface area contributed by atoms with Gasteiger partial charge in [0.25, 0.3) is 0 Å². The molecule has 156 valence electrons. The van der Waals surface area contributed by atoms with Gasteiger partial charge >= 0.3 is 5.97 Å². The maximum absolute atomic E-state index is 11.2. The fourth-order valence-electron chi connectivity index (χ4n) is 3.20. The van der Waals surface area contributed by atoms with Gasteiger partial charge in [-0.25, -0.2) is 0 Å². The standard InChI is InChI=1S/C22H27NO5S/c1-4-26-19-12-16(21-23-17(13-29-21)22(24)25)8-9-18(19)27-10-11-28-20-14(2)6-5-7-15(20)3/h5-9,12,17,21,23H,4,10-11,13H2,1-3H3,(H,24,25). The van der Waals surface area contributed by atoms with Gasteiger partial charge in [0.2, 0.25) is 0 Å². The highest BCUT2D eigenvalue weighted by Gasteiger charge is 2.30. The SMILES string of the molecule is CCOc1cc(C2NC(C(=O)O)CS2)ccc1OCCOc1c(C)cccc1C. The molecular formula is C22H27NO5S. The van der Waals surface area contributed by atoms with E-state index in [0.717, 1.165) is 22.4 Å². The predicted molar refractivity (Wildman–Crippen MR) is 114 cm³/mol. The largest absolute Gasteiger partial charge is 0.490 e. The number of aryl methyl sites for hydroxylation is 2. The highest BCUT2D eigenvalue weighted by molar-refractivity contribution is 7.99. The Hall–Kier alpha value is -2.38. The fraction of sp³-hybridized carbons (Fsp3) is 0.409. The summed E-state index contributed by atoms with van der Waals surface area (Å²) in [6.07, 6.45) is 0. The molecule has 0 bridgehead atoms. The first-order valence-corrected chi connectivity index (χ1v) is 10.7. The Bertz CT molecular complexity index is 837. The molecule has 1 aliphatic rings. The van der Waals surface area contributed by atoms with E-state index in [1.807, 2.05) is 57.2 Å². The van der Waals surface area contributed by atoms with Crippen molar-refractivity contribution in [3.63, 3.8) is 0 Å². The second-order valence-corrected chi connectivity index (χ2v) is 7.97. The number of para-hydroxylation sites is 1. The molecule has 2 aromatic carbocycles. The molecule has 2 atom stereocenters. The summed E-state index contributed by atoms with van der Waals surface area (Å²) in [7, 11) is 0. The van der Waals surface area contributed by atoms with Crippen molar-refractivity contribution in [2.75, 3.05) is 25.6 Å². The van der Waals surface area contributed by atoms with E-state index >= 15 is 0 Å². The molecule has 0 saturated carbocycles. The zero-order chi connectivity index (χ0) is 20.8. The van der Waals surface area contributed by atoms with Gasteiger partial charge in [-0.05, 0) is 49.6 Å². The Morgan fingerprint density at radius 2 is 1.83 bits per heavy atom. The topological polar surface area (TPSA) is 77.0 Å². The number of benzene rings is 2. The van der Waals surface area contributed by atoms with Gasteiger partial charge in [-0.2, -0.15) is 0 Å². The van der Waals surface area contributed by atoms with Crippen molar-refractivity contribution in [1.82, 2.24) is 5.32 Å². The van der Waals surface area contributed by atoms with Gasteiger partial charge in [0.1, 0.15) is 25.0 Å². The van der Waals surface area contributed by atoms with E-state index in [-0.39, 0.29) is 5.37 Å². The van der Waals surface area contributed by atoms with Crippen molar-refractivity contribution in [3.05, 3.63) is 53.1 Å². The lowest BCUT2D eigenvalue weighted by molar-refractivity contribution is -0.138. The molecule has 1 heterocycles. The quantitative estimate of drug-likeness (QED) is 0.598. The van der Waals surface area contributed by atoms with Crippen LogP contribution in [0.25, 0.3) is 0 Å². The number of carboxylic acid groups (broad SMARTS) is 1. The molecule has 0 aromatic heterocycles. The van der Waals surface area contributed by atoms with Crippen LogP contribution in [-0.2, 0) is 4.79 Å². The summed E-state index contributed by atoms with van der Waals surface area (Å²) in [4.78, 5) is 11.2. The Morgan fingerprint density at radius 1 is 1.10 bits per heavy atom. The Kier molecular flexibility index (Phi) is 7.28. The smallest absolute Gasteiger partial charge is 0.321 e. The summed E-state index contributed by atoms with van der Waals surface area (Å²) >= 11 is 1.58. The minimum atomic E-state index is -0.825. The summed E-state index contributed by atoms with van der Waals surface area (Å²) in [5.41, 5.74) is 3.18. The number of hydrogen-bond donors (Lipinski definition) is 2. The van der Waals surface area contributed by atoms with Gasteiger partial charge in [-0.1, -0.05) is 24.3 Å². The van der Waals surface area contributed by atoms with Crippen LogP contribution in [0.3, 0.4) is 0 Å². The predicted octanol–water partition coefficient (Wildman–Crippen LogP) is 3.95. The highest BCUT2D eigenvalue weighted by Crippen LogP contribution is 2.37. The first-order valence-electron chi connectivity index (χ1n) is 9.68. The first-order chi connectivity index (χ1) is 14.0. The van der Waals surface area contributed by atoms with Crippen LogP contribution >= 0.6 is 11.8 Å². The molecule has 1 aliphatic heterocycles. The van der Waals surface area contributed by atoms with E-state index in [9.17, 15) is 4.79 Å². The summed E-state index contributed by atoms with van der Waals surface area (Å²) < 4.78 is 17.5. The molecule has 6 nitrogen and oxygen atoms in total. The third kappa shape index (κ3) is 5.36. The van der Waals surface area contributed by atoms with Crippen molar-refractivity contribution in [2.24, 2.45) is 0 Å². The number of ether oxygens (including phenoxy) is 3. The highest BCUT2D eigenvalue weighted by atomic mass is 32.2. The van der Waals surface area contributed by atoms with Crippen molar-refractivity contribution in [2.45, 2.75) is 32.2 Å². The van der Waals surface area contributed by atoms with Crippen LogP contribution < -0.4 is 19.5 Å². The molecule has 0 amide bonds. The fourth-order valence-corrected chi connectivity index (χ4v) is 4.43. The normalized spacial score (nSPS) is 18.4. The number of rotatable bonds is 9. The van der Waals surface area contributed by atoms with Crippen LogP contribution in [0, 0.1) is 13.8 Å². The van der Waals surface area contributed by atoms with Gasteiger partial charge < -0.3 is 19.3 Å². The van der Waals surface area contributed by atoms with Crippen LogP contribution in [0.1, 0.15) is 29.0 Å². The minimum Gasteiger partial charge on any atom is -0.490 e. The van der Waals surface area contributed by atoms with Gasteiger partial charge in [-0.3, -0.25) is 10.1 Å². The summed E-state index contributed by atoms with van der Waals surface area (Å²) in [5, 5.41) is 12.2. The Balaban J connectivity index is 1.61. The second kappa shape index (κ2) is 9.89.